The Kier molecular flexibility index (Phi) is 12.0. The van der Waals surface area contributed by atoms with Crippen molar-refractivity contribution in [3.63, 3.8) is 0 Å². The van der Waals surface area contributed by atoms with Gasteiger partial charge in [0, 0.05) is 0 Å². The maximum absolute atomic E-state index is 2.22. The predicted molar refractivity (Wildman–Crippen MR) is 40.0 cm³/mol. The summed E-state index contributed by atoms with van der Waals surface area (Å²) in [7, 11) is 0. The number of hydrogen-bond donors (Lipinski definition) is 0. The standard InChI is InChI=1S/C4H9.2ClH.Ga/c1-4(2)3;;;/h1-3H3;2*1H;. The van der Waals surface area contributed by atoms with E-state index >= 15 is 0 Å². The normalized spacial score (nSPS) is 8.43. The summed E-state index contributed by atoms with van der Waals surface area (Å²) in [6.45, 7) is 6.65. The van der Waals surface area contributed by atoms with Crippen molar-refractivity contribution in [3.05, 3.63) is 0 Å². The van der Waals surface area contributed by atoms with Crippen molar-refractivity contribution in [2.75, 3.05) is 0 Å². The van der Waals surface area contributed by atoms with Crippen LogP contribution in [0.2, 0.25) is 3.97 Å². The van der Waals surface area contributed by atoms with E-state index in [-0.39, 0.29) is 24.8 Å². The summed E-state index contributed by atoms with van der Waals surface area (Å²) in [4.78, 5) is 0. The average Bonchev–Trinajstić information content (AvgIpc) is 0.722. The molecule has 0 saturated heterocycles. The molecule has 3 heteroatoms. The van der Waals surface area contributed by atoms with Crippen LogP contribution in [0.3, 0.4) is 0 Å². The van der Waals surface area contributed by atoms with E-state index in [1.54, 1.807) is 18.6 Å². The Balaban J connectivity index is -0.0000000800. The van der Waals surface area contributed by atoms with E-state index in [2.05, 4.69) is 20.8 Å². The smallest absolute Gasteiger partial charge is 0.147 e. The molecule has 0 unspecified atom stereocenters. The molecule has 0 aliphatic heterocycles. The molecule has 0 spiro atoms. The van der Waals surface area contributed by atoms with E-state index in [0.29, 0.717) is 3.97 Å². The van der Waals surface area contributed by atoms with Gasteiger partial charge in [0.1, 0.15) is 0 Å². The molecule has 7 heavy (non-hydrogen) atoms. The second kappa shape index (κ2) is 5.35. The van der Waals surface area contributed by atoms with Crippen LogP contribution in [0.15, 0.2) is 0 Å². The van der Waals surface area contributed by atoms with Gasteiger partial charge in [0.15, 0.2) is 0 Å². The first-order valence-corrected chi connectivity index (χ1v) is 3.00. The summed E-state index contributed by atoms with van der Waals surface area (Å²) in [5.74, 6) is 0. The third-order valence-corrected chi connectivity index (χ3v) is 0. The minimum atomic E-state index is 0. The molecular weight excluding hydrogens is 189 g/mol. The van der Waals surface area contributed by atoms with Crippen LogP contribution in [0, 0.1) is 0 Å². The van der Waals surface area contributed by atoms with Gasteiger partial charge in [0.05, 0.1) is 0 Å². The number of rotatable bonds is 0. The summed E-state index contributed by atoms with van der Waals surface area (Å²) < 4.78 is 0.562. The van der Waals surface area contributed by atoms with Gasteiger partial charge in [-0.25, -0.2) is 0 Å². The van der Waals surface area contributed by atoms with E-state index in [1.165, 1.54) is 0 Å². The third kappa shape index (κ3) is 133. The van der Waals surface area contributed by atoms with E-state index in [9.17, 15) is 0 Å². The second-order valence-electron chi connectivity index (χ2n) is 2.37. The molecule has 0 atom stereocenters. The molecule has 0 aromatic rings. The summed E-state index contributed by atoms with van der Waals surface area (Å²) in [5, 5.41) is 0. The molecule has 0 rings (SSSR count). The van der Waals surface area contributed by atoms with Gasteiger partial charge in [-0.15, -0.1) is 24.8 Å². The summed E-state index contributed by atoms with van der Waals surface area (Å²) >= 11 is 1.79. The first kappa shape index (κ1) is 15.7. The number of halogens is 2. The van der Waals surface area contributed by atoms with Crippen LogP contribution in [0.1, 0.15) is 20.8 Å². The largest absolute Gasteiger partial charge is 0.147 e. The molecule has 0 N–H and O–H groups in total. The minimum Gasteiger partial charge on any atom is -0.147 e. The fraction of sp³-hybridized carbons (Fsp3) is 1.00. The first-order chi connectivity index (χ1) is 2.00. The number of hydrogen-bond acceptors (Lipinski definition) is 0. The average molecular weight is 200 g/mol. The SMILES string of the molecule is C[C](C)(C)[Ga].Cl.Cl. The van der Waals surface area contributed by atoms with E-state index in [4.69, 9.17) is 0 Å². The third-order valence-electron chi connectivity index (χ3n) is 0. The van der Waals surface area contributed by atoms with E-state index in [1.807, 2.05) is 0 Å². The zero-order valence-electron chi connectivity index (χ0n) is 4.89. The van der Waals surface area contributed by atoms with Crippen molar-refractivity contribution in [1.29, 1.82) is 0 Å². The molecule has 2 radical (unpaired) electrons. The maximum Gasteiger partial charge on any atom is -0.147 e. The molecule has 0 aromatic carbocycles. The Morgan fingerprint density at radius 3 is 1.00 bits per heavy atom. The Hall–Kier alpha value is 1.22. The van der Waals surface area contributed by atoms with Gasteiger partial charge in [-0.05, 0) is 0 Å². The summed E-state index contributed by atoms with van der Waals surface area (Å²) in [6.07, 6.45) is 0. The van der Waals surface area contributed by atoms with Crippen molar-refractivity contribution in [2.24, 2.45) is 0 Å². The van der Waals surface area contributed by atoms with Crippen molar-refractivity contribution in [2.45, 2.75) is 24.7 Å². The molecule has 0 fully saturated rings. The van der Waals surface area contributed by atoms with Gasteiger partial charge in [0.25, 0.3) is 0 Å². The predicted octanol–water partition coefficient (Wildman–Crippen LogP) is 2.22. The van der Waals surface area contributed by atoms with Crippen LogP contribution in [-0.4, -0.2) is 18.6 Å². The summed E-state index contributed by atoms with van der Waals surface area (Å²) in [5.41, 5.74) is 0. The van der Waals surface area contributed by atoms with Crippen LogP contribution in [0.4, 0.5) is 0 Å². The van der Waals surface area contributed by atoms with Gasteiger partial charge < -0.3 is 0 Å². The fourth-order valence-electron chi connectivity index (χ4n) is 0. The zero-order chi connectivity index (χ0) is 4.50. The Morgan fingerprint density at radius 1 is 1.00 bits per heavy atom. The molecule has 0 amide bonds. The van der Waals surface area contributed by atoms with Crippen molar-refractivity contribution in [1.82, 2.24) is 0 Å². The van der Waals surface area contributed by atoms with Gasteiger partial charge >= 0.3 is 43.3 Å². The first-order valence-electron chi connectivity index (χ1n) is 1.79. The molecule has 0 saturated carbocycles. The second-order valence-corrected chi connectivity index (χ2v) is 6.00. The molecule has 0 heterocycles. The molecule has 44 valence electrons. The minimum absolute atomic E-state index is 0. The van der Waals surface area contributed by atoms with Crippen molar-refractivity contribution >= 4 is 43.4 Å². The molecule has 0 aliphatic carbocycles. The Morgan fingerprint density at radius 2 is 1.00 bits per heavy atom. The van der Waals surface area contributed by atoms with Crippen LogP contribution < -0.4 is 0 Å². The van der Waals surface area contributed by atoms with Crippen molar-refractivity contribution in [3.8, 4) is 0 Å². The maximum atomic E-state index is 2.22. The molecule has 0 nitrogen and oxygen atoms in total. The molecular formula is C4H11Cl2Ga. The van der Waals surface area contributed by atoms with Crippen LogP contribution in [0.5, 0.6) is 0 Å². The van der Waals surface area contributed by atoms with Crippen molar-refractivity contribution < 1.29 is 0 Å². The van der Waals surface area contributed by atoms with Gasteiger partial charge in [0.2, 0.25) is 0 Å². The Labute approximate surface area is 68.2 Å². The van der Waals surface area contributed by atoms with Crippen LogP contribution >= 0.6 is 24.8 Å². The molecule has 0 aliphatic rings. The molecule has 0 bridgehead atoms. The van der Waals surface area contributed by atoms with Gasteiger partial charge in [-0.2, -0.15) is 0 Å². The Bertz CT molecular complexity index is 25.2. The van der Waals surface area contributed by atoms with E-state index < -0.39 is 0 Å². The topological polar surface area (TPSA) is 0 Å². The quantitative estimate of drug-likeness (QED) is 0.525. The van der Waals surface area contributed by atoms with Crippen LogP contribution in [-0.2, 0) is 0 Å². The molecule has 0 aromatic heterocycles. The van der Waals surface area contributed by atoms with Gasteiger partial charge in [-0.1, -0.05) is 0 Å². The monoisotopic (exact) mass is 198 g/mol. The van der Waals surface area contributed by atoms with E-state index in [0.717, 1.165) is 0 Å². The summed E-state index contributed by atoms with van der Waals surface area (Å²) in [6, 6.07) is 0. The van der Waals surface area contributed by atoms with Crippen LogP contribution in [0.25, 0.3) is 0 Å². The van der Waals surface area contributed by atoms with Gasteiger partial charge in [-0.3, -0.25) is 0 Å². The fourth-order valence-corrected chi connectivity index (χ4v) is 0. The zero-order valence-corrected chi connectivity index (χ0v) is 8.95.